The van der Waals surface area contributed by atoms with Gasteiger partial charge in [0, 0.05) is 18.4 Å². The minimum atomic E-state index is -3.07. The van der Waals surface area contributed by atoms with Crippen LogP contribution in [0.1, 0.15) is 28.8 Å². The predicted molar refractivity (Wildman–Crippen MR) is 75.7 cm³/mol. The van der Waals surface area contributed by atoms with Gasteiger partial charge in [0.2, 0.25) is 5.91 Å². The number of carbonyl (C=O) groups excluding carboxylic acids is 1. The number of amides is 1. The molecule has 0 aromatic heterocycles. The Morgan fingerprint density at radius 3 is 2.50 bits per heavy atom. The Hall–Kier alpha value is -1.89. The molecule has 0 unspecified atom stereocenters. The van der Waals surface area contributed by atoms with E-state index in [9.17, 15) is 18.0 Å². The molecular formula is C13H17NO5S. The second kappa shape index (κ2) is 6.51. The summed E-state index contributed by atoms with van der Waals surface area (Å²) < 4.78 is 21.9. The first-order chi connectivity index (χ1) is 9.19. The lowest BCUT2D eigenvalue weighted by Gasteiger charge is -2.07. The van der Waals surface area contributed by atoms with Gasteiger partial charge in [0.25, 0.3) is 0 Å². The lowest BCUT2D eigenvalue weighted by Crippen LogP contribution is -2.14. The van der Waals surface area contributed by atoms with Crippen LogP contribution in [0.2, 0.25) is 0 Å². The van der Waals surface area contributed by atoms with Gasteiger partial charge in [0.15, 0.2) is 0 Å². The highest BCUT2D eigenvalue weighted by atomic mass is 32.2. The van der Waals surface area contributed by atoms with E-state index in [1.165, 1.54) is 6.07 Å². The maximum atomic E-state index is 11.6. The Kier molecular flexibility index (Phi) is 5.26. The minimum absolute atomic E-state index is 0.0469. The minimum Gasteiger partial charge on any atom is -0.478 e. The predicted octanol–water partition coefficient (Wildman–Crippen LogP) is 1.46. The Balaban J connectivity index is 2.63. The number of hydrogen-bond donors (Lipinski definition) is 2. The van der Waals surface area contributed by atoms with Gasteiger partial charge in [-0.3, -0.25) is 4.79 Å². The summed E-state index contributed by atoms with van der Waals surface area (Å²) in [6.07, 6.45) is 1.43. The van der Waals surface area contributed by atoms with E-state index < -0.39 is 15.8 Å². The second-order valence-electron chi connectivity index (χ2n) is 4.62. The van der Waals surface area contributed by atoms with Gasteiger partial charge >= 0.3 is 5.97 Å². The largest absolute Gasteiger partial charge is 0.478 e. The third kappa shape index (κ3) is 5.40. The molecule has 7 heteroatoms. The fraction of sp³-hybridized carbons (Fsp3) is 0.385. The summed E-state index contributed by atoms with van der Waals surface area (Å²) in [5.74, 6) is -1.45. The Labute approximate surface area is 117 Å². The molecule has 0 radical (unpaired) electrons. The van der Waals surface area contributed by atoms with Gasteiger partial charge in [-0.25, -0.2) is 13.2 Å². The number of rotatable bonds is 6. The molecule has 6 nitrogen and oxygen atoms in total. The molecule has 1 rings (SSSR count). The fourth-order valence-corrected chi connectivity index (χ4v) is 2.32. The maximum Gasteiger partial charge on any atom is 0.336 e. The molecule has 0 aliphatic rings. The summed E-state index contributed by atoms with van der Waals surface area (Å²) in [4.78, 5) is 22.6. The van der Waals surface area contributed by atoms with Crippen LogP contribution in [0, 0.1) is 6.92 Å². The fourth-order valence-electron chi connectivity index (χ4n) is 1.65. The lowest BCUT2D eigenvalue weighted by molar-refractivity contribution is -0.116. The van der Waals surface area contributed by atoms with Crippen molar-refractivity contribution in [2.24, 2.45) is 0 Å². The highest BCUT2D eigenvalue weighted by Gasteiger charge is 2.10. The first kappa shape index (κ1) is 16.2. The van der Waals surface area contributed by atoms with E-state index in [1.807, 2.05) is 0 Å². The van der Waals surface area contributed by atoms with Crippen LogP contribution in [-0.4, -0.2) is 37.4 Å². The van der Waals surface area contributed by atoms with E-state index in [4.69, 9.17) is 5.11 Å². The topological polar surface area (TPSA) is 101 Å². The molecule has 0 aliphatic carbocycles. The number of carboxylic acids is 1. The van der Waals surface area contributed by atoms with Gasteiger partial charge in [-0.2, -0.15) is 0 Å². The van der Waals surface area contributed by atoms with Crippen molar-refractivity contribution in [3.05, 3.63) is 29.3 Å². The Bertz CT molecular complexity index is 622. The molecule has 0 aliphatic heterocycles. The zero-order chi connectivity index (χ0) is 15.3. The highest BCUT2D eigenvalue weighted by Crippen LogP contribution is 2.15. The molecule has 0 bridgehead atoms. The average molecular weight is 299 g/mol. The molecule has 110 valence electrons. The summed E-state index contributed by atoms with van der Waals surface area (Å²) in [6, 6.07) is 4.60. The molecule has 0 saturated heterocycles. The quantitative estimate of drug-likeness (QED) is 0.828. The van der Waals surface area contributed by atoms with Crippen LogP contribution < -0.4 is 5.32 Å². The van der Waals surface area contributed by atoms with E-state index >= 15 is 0 Å². The van der Waals surface area contributed by atoms with Crippen LogP contribution >= 0.6 is 0 Å². The Morgan fingerprint density at radius 1 is 1.30 bits per heavy atom. The normalized spacial score (nSPS) is 11.1. The highest BCUT2D eigenvalue weighted by molar-refractivity contribution is 7.90. The van der Waals surface area contributed by atoms with Gasteiger partial charge in [0.05, 0.1) is 11.3 Å². The number of sulfone groups is 1. The summed E-state index contributed by atoms with van der Waals surface area (Å²) >= 11 is 0. The second-order valence-corrected chi connectivity index (χ2v) is 6.88. The molecule has 0 spiro atoms. The van der Waals surface area contributed by atoms with Crippen molar-refractivity contribution in [3.63, 3.8) is 0 Å². The van der Waals surface area contributed by atoms with Crippen molar-refractivity contribution in [1.29, 1.82) is 0 Å². The molecule has 2 N–H and O–H groups in total. The molecule has 0 atom stereocenters. The van der Waals surface area contributed by atoms with Crippen LogP contribution in [0.25, 0.3) is 0 Å². The molecule has 0 fully saturated rings. The lowest BCUT2D eigenvalue weighted by atomic mass is 10.1. The molecule has 20 heavy (non-hydrogen) atoms. The smallest absolute Gasteiger partial charge is 0.336 e. The maximum absolute atomic E-state index is 11.6. The third-order valence-corrected chi connectivity index (χ3v) is 3.70. The van der Waals surface area contributed by atoms with Gasteiger partial charge < -0.3 is 10.4 Å². The van der Waals surface area contributed by atoms with E-state index in [2.05, 4.69) is 5.32 Å². The molecule has 1 aromatic carbocycles. The first-order valence-corrected chi connectivity index (χ1v) is 8.06. The van der Waals surface area contributed by atoms with Crippen molar-refractivity contribution in [1.82, 2.24) is 0 Å². The zero-order valence-electron chi connectivity index (χ0n) is 11.3. The summed E-state index contributed by atoms with van der Waals surface area (Å²) in [5.41, 5.74) is 1.11. The number of hydrogen-bond acceptors (Lipinski definition) is 4. The number of aryl methyl sites for hydroxylation is 1. The number of nitrogens with one attached hydrogen (secondary N) is 1. The molecule has 0 heterocycles. The number of aromatic carboxylic acids is 1. The molecule has 0 saturated carbocycles. The molecular weight excluding hydrogens is 282 g/mol. The monoisotopic (exact) mass is 299 g/mol. The van der Waals surface area contributed by atoms with Crippen molar-refractivity contribution in [2.45, 2.75) is 19.8 Å². The van der Waals surface area contributed by atoms with Gasteiger partial charge in [0.1, 0.15) is 9.84 Å². The van der Waals surface area contributed by atoms with Crippen molar-refractivity contribution in [2.75, 3.05) is 17.3 Å². The van der Waals surface area contributed by atoms with Crippen molar-refractivity contribution in [3.8, 4) is 0 Å². The van der Waals surface area contributed by atoms with E-state index in [1.54, 1.807) is 19.1 Å². The zero-order valence-corrected chi connectivity index (χ0v) is 12.2. The van der Waals surface area contributed by atoms with E-state index in [0.29, 0.717) is 11.3 Å². The summed E-state index contributed by atoms with van der Waals surface area (Å²) in [6.45, 7) is 1.67. The van der Waals surface area contributed by atoms with Crippen LogP contribution in [0.15, 0.2) is 18.2 Å². The number of carboxylic acid groups (broad SMARTS) is 1. The molecule has 1 aromatic rings. The van der Waals surface area contributed by atoms with Crippen LogP contribution in [-0.2, 0) is 14.6 Å². The van der Waals surface area contributed by atoms with Crippen LogP contribution in [0.5, 0.6) is 0 Å². The van der Waals surface area contributed by atoms with Gasteiger partial charge in [-0.1, -0.05) is 6.07 Å². The first-order valence-electron chi connectivity index (χ1n) is 6.00. The van der Waals surface area contributed by atoms with Crippen molar-refractivity contribution >= 4 is 27.4 Å². The van der Waals surface area contributed by atoms with E-state index in [0.717, 1.165) is 6.26 Å². The number of anilines is 1. The van der Waals surface area contributed by atoms with Gasteiger partial charge in [-0.05, 0) is 31.0 Å². The van der Waals surface area contributed by atoms with E-state index in [-0.39, 0.29) is 30.1 Å². The third-order valence-electron chi connectivity index (χ3n) is 2.67. The standard InChI is InChI=1S/C13H17NO5S/c1-9-5-6-10(8-11(9)13(16)17)14-12(15)4-3-7-20(2,18)19/h5-6,8H,3-4,7H2,1-2H3,(H,14,15)(H,16,17). The summed E-state index contributed by atoms with van der Waals surface area (Å²) in [5, 5.41) is 11.5. The number of benzene rings is 1. The number of carbonyl (C=O) groups is 2. The van der Waals surface area contributed by atoms with Crippen LogP contribution in [0.3, 0.4) is 0 Å². The average Bonchev–Trinajstić information content (AvgIpc) is 2.29. The van der Waals surface area contributed by atoms with Crippen LogP contribution in [0.4, 0.5) is 5.69 Å². The van der Waals surface area contributed by atoms with Gasteiger partial charge in [-0.15, -0.1) is 0 Å². The SMILES string of the molecule is Cc1ccc(NC(=O)CCCS(C)(=O)=O)cc1C(=O)O. The van der Waals surface area contributed by atoms with Crippen molar-refractivity contribution < 1.29 is 23.1 Å². The summed E-state index contributed by atoms with van der Waals surface area (Å²) in [7, 11) is -3.07. The molecule has 1 amide bonds. The Morgan fingerprint density at radius 2 is 1.95 bits per heavy atom.